The zero-order chi connectivity index (χ0) is 9.42. The Hall–Kier alpha value is -0.190. The second kappa shape index (κ2) is 3.52. The van der Waals surface area contributed by atoms with E-state index in [0.29, 0.717) is 5.02 Å². The average molecular weight is 322 g/mol. The van der Waals surface area contributed by atoms with Crippen molar-refractivity contribution < 1.29 is 0 Å². The van der Waals surface area contributed by atoms with Gasteiger partial charge in [0, 0.05) is 14.3 Å². The van der Waals surface area contributed by atoms with Gasteiger partial charge in [0.2, 0.25) is 0 Å². The number of benzene rings is 1. The minimum Gasteiger partial charge on any atom is -0.157 e. The minimum absolute atomic E-state index is 0.668. The van der Waals surface area contributed by atoms with Crippen molar-refractivity contribution in [1.29, 1.82) is 0 Å². The molecule has 0 aliphatic carbocycles. The summed E-state index contributed by atoms with van der Waals surface area (Å²) >= 11 is 12.6. The van der Waals surface area contributed by atoms with Gasteiger partial charge in [0.05, 0.1) is 16.7 Å². The van der Waals surface area contributed by atoms with Crippen LogP contribution in [0, 0.1) is 0 Å². The lowest BCUT2D eigenvalue weighted by Gasteiger charge is -2.00. The first-order valence-corrected chi connectivity index (χ1v) is 5.41. The standard InChI is InChI=1S/C8H3Br2ClN2/c9-5-2-8-4(1-7(5)11)6(10)3-12-13-8/h1-3H. The molecular formula is C8H3Br2ClN2. The summed E-state index contributed by atoms with van der Waals surface area (Å²) in [4.78, 5) is 0. The number of halogens is 3. The van der Waals surface area contributed by atoms with Gasteiger partial charge in [0.25, 0.3) is 0 Å². The Bertz CT molecular complexity index is 473. The van der Waals surface area contributed by atoms with Crippen LogP contribution in [0.2, 0.25) is 5.02 Å². The Morgan fingerprint density at radius 1 is 1.15 bits per heavy atom. The van der Waals surface area contributed by atoms with Crippen LogP contribution in [0.3, 0.4) is 0 Å². The third-order valence-corrected chi connectivity index (χ3v) is 3.46. The van der Waals surface area contributed by atoms with Crippen molar-refractivity contribution in [3.63, 3.8) is 0 Å². The molecule has 0 fully saturated rings. The Kier molecular flexibility index (Phi) is 2.53. The number of rotatable bonds is 0. The minimum atomic E-state index is 0.668. The molecule has 0 saturated heterocycles. The monoisotopic (exact) mass is 320 g/mol. The summed E-state index contributed by atoms with van der Waals surface area (Å²) in [7, 11) is 0. The van der Waals surface area contributed by atoms with Crippen LogP contribution in [-0.4, -0.2) is 10.2 Å². The van der Waals surface area contributed by atoms with Crippen LogP contribution in [0.1, 0.15) is 0 Å². The molecule has 0 N–H and O–H groups in total. The smallest absolute Gasteiger partial charge is 0.0953 e. The highest BCUT2D eigenvalue weighted by atomic mass is 79.9. The van der Waals surface area contributed by atoms with Gasteiger partial charge in [0.15, 0.2) is 0 Å². The molecule has 1 heterocycles. The molecule has 0 atom stereocenters. The molecule has 2 aromatic rings. The van der Waals surface area contributed by atoms with E-state index in [1.165, 1.54) is 0 Å². The molecule has 0 aliphatic heterocycles. The normalized spacial score (nSPS) is 10.7. The van der Waals surface area contributed by atoms with Crippen LogP contribution in [-0.2, 0) is 0 Å². The molecule has 0 unspecified atom stereocenters. The molecular weight excluding hydrogens is 319 g/mol. The summed E-state index contributed by atoms with van der Waals surface area (Å²) in [6.07, 6.45) is 1.65. The summed E-state index contributed by atoms with van der Waals surface area (Å²) in [6.45, 7) is 0. The fourth-order valence-electron chi connectivity index (χ4n) is 1.02. The summed E-state index contributed by atoms with van der Waals surface area (Å²) in [5, 5.41) is 9.43. The van der Waals surface area contributed by atoms with Gasteiger partial charge in [-0.3, -0.25) is 0 Å². The van der Waals surface area contributed by atoms with Gasteiger partial charge in [-0.05, 0) is 44.0 Å². The van der Waals surface area contributed by atoms with Crippen LogP contribution >= 0.6 is 43.5 Å². The SMILES string of the molecule is Clc1cc2c(Br)cnnc2cc1Br. The van der Waals surface area contributed by atoms with Gasteiger partial charge < -0.3 is 0 Å². The van der Waals surface area contributed by atoms with Crippen molar-refractivity contribution in [2.24, 2.45) is 0 Å². The van der Waals surface area contributed by atoms with Crippen LogP contribution in [0.15, 0.2) is 27.3 Å². The van der Waals surface area contributed by atoms with Crippen molar-refractivity contribution in [2.45, 2.75) is 0 Å². The first kappa shape index (κ1) is 9.37. The average Bonchev–Trinajstić information content (AvgIpc) is 2.09. The summed E-state index contributed by atoms with van der Waals surface area (Å²) < 4.78 is 1.72. The van der Waals surface area contributed by atoms with E-state index in [1.54, 1.807) is 6.20 Å². The van der Waals surface area contributed by atoms with Crippen molar-refractivity contribution in [3.8, 4) is 0 Å². The second-order valence-electron chi connectivity index (χ2n) is 2.48. The molecule has 0 aliphatic rings. The number of nitrogens with zero attached hydrogens (tertiary/aromatic N) is 2. The third kappa shape index (κ3) is 1.71. The van der Waals surface area contributed by atoms with E-state index in [9.17, 15) is 0 Å². The summed E-state index contributed by atoms with van der Waals surface area (Å²) in [6, 6.07) is 3.69. The van der Waals surface area contributed by atoms with E-state index < -0.39 is 0 Å². The number of fused-ring (bicyclic) bond motifs is 1. The first-order chi connectivity index (χ1) is 6.18. The molecule has 0 amide bonds. The predicted molar refractivity (Wildman–Crippen MR) is 59.9 cm³/mol. The fraction of sp³-hybridized carbons (Fsp3) is 0. The maximum atomic E-state index is 5.94. The molecule has 0 bridgehead atoms. The topological polar surface area (TPSA) is 25.8 Å². The van der Waals surface area contributed by atoms with Gasteiger partial charge in [-0.15, -0.1) is 0 Å². The number of hydrogen-bond acceptors (Lipinski definition) is 2. The summed E-state index contributed by atoms with van der Waals surface area (Å²) in [5.41, 5.74) is 0.811. The van der Waals surface area contributed by atoms with Crippen molar-refractivity contribution in [3.05, 3.63) is 32.3 Å². The lowest BCUT2D eigenvalue weighted by molar-refractivity contribution is 1.07. The predicted octanol–water partition coefficient (Wildman–Crippen LogP) is 3.81. The second-order valence-corrected chi connectivity index (χ2v) is 4.59. The number of hydrogen-bond donors (Lipinski definition) is 0. The molecule has 66 valence electrons. The van der Waals surface area contributed by atoms with E-state index in [4.69, 9.17) is 11.6 Å². The van der Waals surface area contributed by atoms with E-state index >= 15 is 0 Å². The number of aromatic nitrogens is 2. The largest absolute Gasteiger partial charge is 0.157 e. The van der Waals surface area contributed by atoms with Crippen molar-refractivity contribution >= 4 is 54.4 Å². The van der Waals surface area contributed by atoms with Crippen molar-refractivity contribution in [2.75, 3.05) is 0 Å². The Balaban J connectivity index is 2.89. The molecule has 0 radical (unpaired) electrons. The van der Waals surface area contributed by atoms with Crippen LogP contribution in [0.4, 0.5) is 0 Å². The molecule has 1 aromatic heterocycles. The third-order valence-electron chi connectivity index (χ3n) is 1.63. The van der Waals surface area contributed by atoms with Gasteiger partial charge in [0.1, 0.15) is 0 Å². The Morgan fingerprint density at radius 3 is 2.69 bits per heavy atom. The lowest BCUT2D eigenvalue weighted by Crippen LogP contribution is -1.84. The van der Waals surface area contributed by atoms with Crippen LogP contribution in [0.25, 0.3) is 10.9 Å². The highest BCUT2D eigenvalue weighted by Gasteiger charge is 2.04. The quantitative estimate of drug-likeness (QED) is 0.737. The van der Waals surface area contributed by atoms with Gasteiger partial charge in [-0.25, -0.2) is 0 Å². The van der Waals surface area contributed by atoms with Crippen LogP contribution in [0.5, 0.6) is 0 Å². The van der Waals surface area contributed by atoms with Gasteiger partial charge >= 0.3 is 0 Å². The maximum absolute atomic E-state index is 5.94. The van der Waals surface area contributed by atoms with E-state index in [0.717, 1.165) is 19.8 Å². The maximum Gasteiger partial charge on any atom is 0.0953 e. The fourth-order valence-corrected chi connectivity index (χ4v) is 1.93. The van der Waals surface area contributed by atoms with E-state index in [1.807, 2.05) is 12.1 Å². The highest BCUT2D eigenvalue weighted by molar-refractivity contribution is 9.11. The molecule has 0 spiro atoms. The van der Waals surface area contributed by atoms with Crippen LogP contribution < -0.4 is 0 Å². The van der Waals surface area contributed by atoms with Gasteiger partial charge in [-0.1, -0.05) is 11.6 Å². The van der Waals surface area contributed by atoms with E-state index in [-0.39, 0.29) is 0 Å². The zero-order valence-corrected chi connectivity index (χ0v) is 10.2. The Morgan fingerprint density at radius 2 is 1.92 bits per heavy atom. The van der Waals surface area contributed by atoms with E-state index in [2.05, 4.69) is 42.1 Å². The molecule has 0 saturated carbocycles. The molecule has 13 heavy (non-hydrogen) atoms. The summed E-state index contributed by atoms with van der Waals surface area (Å²) in [5.74, 6) is 0. The van der Waals surface area contributed by atoms with Crippen molar-refractivity contribution in [1.82, 2.24) is 10.2 Å². The molecule has 2 rings (SSSR count). The zero-order valence-electron chi connectivity index (χ0n) is 6.26. The molecule has 5 heteroatoms. The molecule has 1 aromatic carbocycles. The Labute approximate surface area is 96.6 Å². The lowest BCUT2D eigenvalue weighted by atomic mass is 10.2. The highest BCUT2D eigenvalue weighted by Crippen LogP contribution is 2.30. The van der Waals surface area contributed by atoms with Gasteiger partial charge in [-0.2, -0.15) is 10.2 Å². The first-order valence-electron chi connectivity index (χ1n) is 3.44. The molecule has 2 nitrogen and oxygen atoms in total.